The largest absolute Gasteiger partial charge is 0.247 e. The number of hydrogen-bond donors (Lipinski definition) is 2. The number of rotatable bonds is 4. The van der Waals surface area contributed by atoms with Crippen LogP contribution in [0.25, 0.3) is 0 Å². The molecule has 0 fully saturated rings. The molecule has 3 aromatic rings. The molecule has 0 bridgehead atoms. The molecule has 0 N–H and O–H groups in total. The van der Waals surface area contributed by atoms with Crippen LogP contribution in [-0.2, 0) is 21.6 Å². The first-order valence-corrected chi connectivity index (χ1v) is 11.2. The Kier molecular flexibility index (Phi) is 5.09. The van der Waals surface area contributed by atoms with Gasteiger partial charge in [0, 0.05) is 0 Å². The van der Waals surface area contributed by atoms with Crippen molar-refractivity contribution < 1.29 is 8.42 Å². The summed E-state index contributed by atoms with van der Waals surface area (Å²) >= 11 is 12.6. The van der Waals surface area contributed by atoms with Gasteiger partial charge in [-0.15, -0.1) is 59.3 Å². The third-order valence-corrected chi connectivity index (χ3v) is 10.1. The van der Waals surface area contributed by atoms with Gasteiger partial charge < -0.3 is 0 Å². The van der Waals surface area contributed by atoms with E-state index in [9.17, 15) is 8.42 Å². The average Bonchev–Trinajstić information content (AvgIpc) is 3.17. The van der Waals surface area contributed by atoms with Gasteiger partial charge in [-0.05, 0) is 36.4 Å². The maximum Gasteiger partial charge on any atom is 0.105 e. The average molecular weight is 409 g/mol. The van der Waals surface area contributed by atoms with Crippen LogP contribution >= 0.6 is 59.3 Å². The van der Waals surface area contributed by atoms with Gasteiger partial charge in [0.15, 0.2) is 0 Å². The van der Waals surface area contributed by atoms with E-state index in [2.05, 4.69) is 25.3 Å². The highest BCUT2D eigenvalue weighted by Crippen LogP contribution is 2.34. The summed E-state index contributed by atoms with van der Waals surface area (Å²) in [5, 5.41) is 0. The Morgan fingerprint density at radius 1 is 0.619 bits per heavy atom. The molecule has 0 aliphatic carbocycles. The molecule has 0 saturated carbocycles. The summed E-state index contributed by atoms with van der Waals surface area (Å²) in [5.74, 6) is 0. The third-order valence-electron chi connectivity index (χ3n) is 2.42. The molecular weight excluding hydrogens is 401 g/mol. The molecule has 2 atom stereocenters. The zero-order valence-corrected chi connectivity index (χ0v) is 16.1. The first kappa shape index (κ1) is 16.0. The van der Waals surface area contributed by atoms with Crippen LogP contribution in [0.15, 0.2) is 61.7 Å². The van der Waals surface area contributed by atoms with Gasteiger partial charge in [-0.3, -0.25) is 0 Å². The zero-order valence-electron chi connectivity index (χ0n) is 10.2. The van der Waals surface area contributed by atoms with Gasteiger partial charge in [0.2, 0.25) is 0 Å². The van der Waals surface area contributed by atoms with Crippen LogP contribution in [-0.4, -0.2) is 8.42 Å². The van der Waals surface area contributed by atoms with Crippen molar-refractivity contribution in [2.45, 2.75) is 25.3 Å². The molecule has 0 radical (unpaired) electrons. The number of hydrogen-bond acceptors (Lipinski definition) is 7. The molecular formula is C12H8O2S7. The number of thiol groups is 2. The van der Waals surface area contributed by atoms with E-state index in [-0.39, 0.29) is 0 Å². The second-order valence-corrected chi connectivity index (χ2v) is 12.5. The Morgan fingerprint density at radius 3 is 1.29 bits per heavy atom. The van der Waals surface area contributed by atoms with Crippen LogP contribution in [0, 0.1) is 0 Å². The van der Waals surface area contributed by atoms with Crippen molar-refractivity contribution in [1.29, 1.82) is 0 Å². The second kappa shape index (κ2) is 6.69. The monoisotopic (exact) mass is 408 g/mol. The van der Waals surface area contributed by atoms with Crippen molar-refractivity contribution in [2.24, 2.45) is 0 Å². The zero-order chi connectivity index (χ0) is 15.0. The topological polar surface area (TPSA) is 34.1 Å². The standard InChI is InChI=1S/C12H8O2S7/c13-20(9-3-1-7(15)17-9)11-5-6-12(19-11)21(14)10-4-2-8(16)18-10/h1-6,15-16H. The van der Waals surface area contributed by atoms with Crippen molar-refractivity contribution in [3.05, 3.63) is 36.4 Å². The van der Waals surface area contributed by atoms with Crippen LogP contribution in [0.5, 0.6) is 0 Å². The van der Waals surface area contributed by atoms with Crippen LogP contribution in [0.1, 0.15) is 0 Å². The SMILES string of the molecule is O=S(c1ccc(S)s1)c1ccc(S(=O)c2ccc(S)s2)s1. The summed E-state index contributed by atoms with van der Waals surface area (Å²) in [6.07, 6.45) is 0. The molecule has 0 aliphatic heterocycles. The fourth-order valence-corrected chi connectivity index (χ4v) is 9.06. The Hall–Kier alpha value is 0.1000. The first-order chi connectivity index (χ1) is 10.0. The third kappa shape index (κ3) is 3.54. The Balaban J connectivity index is 1.86. The van der Waals surface area contributed by atoms with Crippen LogP contribution in [0.4, 0.5) is 0 Å². The predicted octanol–water partition coefficient (Wildman–Crippen LogP) is 4.78. The van der Waals surface area contributed by atoms with Crippen molar-refractivity contribution in [3.63, 3.8) is 0 Å². The van der Waals surface area contributed by atoms with E-state index < -0.39 is 21.6 Å². The van der Waals surface area contributed by atoms with Gasteiger partial charge in [0.1, 0.15) is 21.6 Å². The number of thiophene rings is 3. The molecule has 3 rings (SSSR count). The summed E-state index contributed by atoms with van der Waals surface area (Å²) in [6, 6.07) is 10.8. The van der Waals surface area contributed by atoms with Gasteiger partial charge in [-0.1, -0.05) is 0 Å². The highest BCUT2D eigenvalue weighted by molar-refractivity contribution is 7.92. The quantitative estimate of drug-likeness (QED) is 0.609. The van der Waals surface area contributed by atoms with Crippen molar-refractivity contribution in [1.82, 2.24) is 0 Å². The van der Waals surface area contributed by atoms with Crippen molar-refractivity contribution in [3.8, 4) is 0 Å². The van der Waals surface area contributed by atoms with Crippen molar-refractivity contribution >= 4 is 80.9 Å². The predicted molar refractivity (Wildman–Crippen MR) is 96.8 cm³/mol. The molecule has 3 aromatic heterocycles. The maximum absolute atomic E-state index is 12.4. The summed E-state index contributed by atoms with van der Waals surface area (Å²) in [7, 11) is -2.46. The van der Waals surface area contributed by atoms with Gasteiger partial charge in [-0.2, -0.15) is 0 Å². The molecule has 0 amide bonds. The van der Waals surface area contributed by atoms with E-state index in [0.29, 0.717) is 8.42 Å². The molecule has 2 unspecified atom stereocenters. The van der Waals surface area contributed by atoms with Gasteiger partial charge >= 0.3 is 0 Å². The Labute approximate surface area is 150 Å². The summed E-state index contributed by atoms with van der Waals surface area (Å²) in [5.41, 5.74) is 0. The summed E-state index contributed by atoms with van der Waals surface area (Å²) in [6.45, 7) is 0. The first-order valence-electron chi connectivity index (χ1n) is 5.55. The van der Waals surface area contributed by atoms with Crippen molar-refractivity contribution in [2.75, 3.05) is 0 Å². The lowest BCUT2D eigenvalue weighted by atomic mass is 10.7. The van der Waals surface area contributed by atoms with E-state index >= 15 is 0 Å². The molecule has 2 nitrogen and oxygen atoms in total. The van der Waals surface area contributed by atoms with Crippen LogP contribution < -0.4 is 0 Å². The lowest BCUT2D eigenvalue weighted by Gasteiger charge is -1.95. The fourth-order valence-electron chi connectivity index (χ4n) is 1.52. The normalized spacial score (nSPS) is 14.2. The molecule has 21 heavy (non-hydrogen) atoms. The smallest absolute Gasteiger partial charge is 0.105 e. The Bertz CT molecular complexity index is 759. The van der Waals surface area contributed by atoms with E-state index in [1.807, 2.05) is 24.3 Å². The van der Waals surface area contributed by atoms with E-state index in [1.54, 1.807) is 12.1 Å². The van der Waals surface area contributed by atoms with Crippen LogP contribution in [0.2, 0.25) is 0 Å². The molecule has 0 spiro atoms. The van der Waals surface area contributed by atoms with E-state index in [0.717, 1.165) is 16.8 Å². The minimum atomic E-state index is -1.23. The lowest BCUT2D eigenvalue weighted by molar-refractivity contribution is 0.685. The minimum absolute atomic E-state index is 0.705. The molecule has 0 saturated heterocycles. The molecule has 0 aliphatic rings. The Morgan fingerprint density at radius 2 is 0.952 bits per heavy atom. The summed E-state index contributed by atoms with van der Waals surface area (Å²) < 4.78 is 29.4. The van der Waals surface area contributed by atoms with Gasteiger partial charge in [0.05, 0.1) is 25.3 Å². The molecule has 0 aromatic carbocycles. The van der Waals surface area contributed by atoms with Gasteiger partial charge in [0.25, 0.3) is 0 Å². The van der Waals surface area contributed by atoms with E-state index in [4.69, 9.17) is 0 Å². The van der Waals surface area contributed by atoms with Crippen LogP contribution in [0.3, 0.4) is 0 Å². The van der Waals surface area contributed by atoms with E-state index in [1.165, 1.54) is 34.0 Å². The molecule has 9 heteroatoms. The fraction of sp³-hybridized carbons (Fsp3) is 0. The lowest BCUT2D eigenvalue weighted by Crippen LogP contribution is -1.85. The summed E-state index contributed by atoms with van der Waals surface area (Å²) in [4.78, 5) is 0. The maximum atomic E-state index is 12.4. The molecule has 110 valence electrons. The minimum Gasteiger partial charge on any atom is -0.247 e. The molecule has 3 heterocycles. The van der Waals surface area contributed by atoms with Gasteiger partial charge in [-0.25, -0.2) is 8.42 Å². The second-order valence-electron chi connectivity index (χ2n) is 3.80. The highest BCUT2D eigenvalue weighted by atomic mass is 32.2. The highest BCUT2D eigenvalue weighted by Gasteiger charge is 2.16.